The van der Waals surface area contributed by atoms with E-state index in [1.807, 2.05) is 0 Å². The number of hydrogen-bond acceptors (Lipinski definition) is 3. The van der Waals surface area contributed by atoms with Crippen LogP contribution in [0.3, 0.4) is 0 Å². The molecule has 3 aliphatic rings. The van der Waals surface area contributed by atoms with E-state index in [2.05, 4.69) is 23.6 Å². The molecule has 2 aliphatic heterocycles. The highest BCUT2D eigenvalue weighted by Crippen LogP contribution is 2.40. The van der Waals surface area contributed by atoms with Gasteiger partial charge in [-0.15, -0.1) is 0 Å². The molecule has 2 atom stereocenters. The summed E-state index contributed by atoms with van der Waals surface area (Å²) in [5, 5.41) is 0. The molecule has 3 nitrogen and oxygen atoms in total. The van der Waals surface area contributed by atoms with Gasteiger partial charge in [0.1, 0.15) is 0 Å². The molecular formula is C15H29N3. The lowest BCUT2D eigenvalue weighted by Gasteiger charge is -2.43. The van der Waals surface area contributed by atoms with E-state index < -0.39 is 0 Å². The molecule has 0 aromatic rings. The summed E-state index contributed by atoms with van der Waals surface area (Å²) in [6.45, 7) is 9.39. The predicted octanol–water partition coefficient (Wildman–Crippen LogP) is 1.67. The molecule has 0 radical (unpaired) electrons. The van der Waals surface area contributed by atoms with Crippen LogP contribution >= 0.6 is 0 Å². The van der Waals surface area contributed by atoms with Crippen molar-refractivity contribution in [3.63, 3.8) is 0 Å². The zero-order chi connectivity index (χ0) is 12.8. The van der Waals surface area contributed by atoms with E-state index in [1.165, 1.54) is 51.7 Å². The second-order valence-electron chi connectivity index (χ2n) is 7.03. The molecule has 104 valence electrons. The highest BCUT2D eigenvalue weighted by molar-refractivity contribution is 5.06. The van der Waals surface area contributed by atoms with Crippen LogP contribution in [0.15, 0.2) is 0 Å². The van der Waals surface area contributed by atoms with Gasteiger partial charge in [-0.05, 0) is 44.6 Å². The molecule has 2 saturated heterocycles. The molecule has 3 fully saturated rings. The molecule has 1 aliphatic carbocycles. The maximum atomic E-state index is 6.23. The summed E-state index contributed by atoms with van der Waals surface area (Å²) in [5.41, 5.74) is 6.53. The molecule has 2 N–H and O–H groups in total. The van der Waals surface area contributed by atoms with Gasteiger partial charge in [-0.25, -0.2) is 0 Å². The first kappa shape index (κ1) is 12.9. The molecule has 0 bridgehead atoms. The second kappa shape index (κ2) is 4.77. The van der Waals surface area contributed by atoms with Gasteiger partial charge in [0.25, 0.3) is 0 Å². The molecule has 3 heteroatoms. The van der Waals surface area contributed by atoms with E-state index in [0.717, 1.165) is 24.5 Å². The zero-order valence-electron chi connectivity index (χ0n) is 12.1. The monoisotopic (exact) mass is 251 g/mol. The van der Waals surface area contributed by atoms with Crippen molar-refractivity contribution in [2.24, 2.45) is 11.7 Å². The lowest BCUT2D eigenvalue weighted by atomic mass is 9.92. The third-order valence-corrected chi connectivity index (χ3v) is 5.48. The van der Waals surface area contributed by atoms with Crippen LogP contribution in [0.4, 0.5) is 0 Å². The van der Waals surface area contributed by atoms with Crippen LogP contribution < -0.4 is 5.73 Å². The summed E-state index contributed by atoms with van der Waals surface area (Å²) < 4.78 is 0. The van der Waals surface area contributed by atoms with Crippen molar-refractivity contribution in [3.05, 3.63) is 0 Å². The van der Waals surface area contributed by atoms with Crippen LogP contribution in [0.2, 0.25) is 0 Å². The summed E-state index contributed by atoms with van der Waals surface area (Å²) in [6, 6.07) is 1.67. The van der Waals surface area contributed by atoms with Gasteiger partial charge in [0.05, 0.1) is 0 Å². The van der Waals surface area contributed by atoms with Gasteiger partial charge in [-0.1, -0.05) is 13.8 Å². The average Bonchev–Trinajstić information content (AvgIpc) is 2.94. The minimum atomic E-state index is 0.300. The highest BCUT2D eigenvalue weighted by atomic mass is 15.3. The molecule has 0 aromatic heterocycles. The van der Waals surface area contributed by atoms with Crippen molar-refractivity contribution < 1.29 is 0 Å². The largest absolute Gasteiger partial charge is 0.329 e. The Balaban J connectivity index is 1.74. The summed E-state index contributed by atoms with van der Waals surface area (Å²) in [6.07, 6.45) is 6.89. The number of hydrogen-bond donors (Lipinski definition) is 1. The van der Waals surface area contributed by atoms with Crippen LogP contribution in [0.25, 0.3) is 0 Å². The Morgan fingerprint density at radius 3 is 2.61 bits per heavy atom. The van der Waals surface area contributed by atoms with Crippen LogP contribution in [-0.2, 0) is 0 Å². The minimum Gasteiger partial charge on any atom is -0.329 e. The topological polar surface area (TPSA) is 32.5 Å². The predicted molar refractivity (Wildman–Crippen MR) is 75.6 cm³/mol. The smallest absolute Gasteiger partial charge is 0.0473 e. The number of rotatable bonds is 4. The summed E-state index contributed by atoms with van der Waals surface area (Å²) >= 11 is 0. The van der Waals surface area contributed by atoms with Crippen molar-refractivity contribution in [2.75, 3.05) is 26.2 Å². The third-order valence-electron chi connectivity index (χ3n) is 5.48. The van der Waals surface area contributed by atoms with Gasteiger partial charge >= 0.3 is 0 Å². The van der Waals surface area contributed by atoms with Gasteiger partial charge in [-0.3, -0.25) is 9.80 Å². The van der Waals surface area contributed by atoms with Crippen molar-refractivity contribution in [2.45, 2.75) is 63.6 Å². The minimum absolute atomic E-state index is 0.300. The van der Waals surface area contributed by atoms with Crippen molar-refractivity contribution in [1.82, 2.24) is 9.80 Å². The normalized spacial score (nSPS) is 39.0. The Kier molecular flexibility index (Phi) is 3.41. The fraction of sp³-hybridized carbons (Fsp3) is 1.00. The first-order valence-corrected chi connectivity index (χ1v) is 7.87. The van der Waals surface area contributed by atoms with Gasteiger partial charge in [0.2, 0.25) is 0 Å². The number of nitrogens with two attached hydrogens (primary N) is 1. The third kappa shape index (κ3) is 2.10. The molecule has 1 saturated carbocycles. The maximum Gasteiger partial charge on any atom is 0.0473 e. The second-order valence-corrected chi connectivity index (χ2v) is 7.03. The molecule has 2 unspecified atom stereocenters. The fourth-order valence-electron chi connectivity index (χ4n) is 4.23. The number of nitrogens with zero attached hydrogens (tertiary/aromatic N) is 2. The molecule has 3 rings (SSSR count). The van der Waals surface area contributed by atoms with Crippen molar-refractivity contribution >= 4 is 0 Å². The molecule has 2 heterocycles. The van der Waals surface area contributed by atoms with E-state index in [1.54, 1.807) is 0 Å². The molecule has 18 heavy (non-hydrogen) atoms. The Bertz CT molecular complexity index is 300. The first-order valence-electron chi connectivity index (χ1n) is 7.87. The van der Waals surface area contributed by atoms with Crippen LogP contribution in [0, 0.1) is 5.92 Å². The van der Waals surface area contributed by atoms with Gasteiger partial charge < -0.3 is 5.73 Å². The van der Waals surface area contributed by atoms with E-state index in [-0.39, 0.29) is 0 Å². The Morgan fingerprint density at radius 2 is 2.00 bits per heavy atom. The van der Waals surface area contributed by atoms with E-state index in [4.69, 9.17) is 5.73 Å². The maximum absolute atomic E-state index is 6.23. The van der Waals surface area contributed by atoms with E-state index in [0.29, 0.717) is 5.54 Å². The molecule has 0 amide bonds. The average molecular weight is 251 g/mol. The Morgan fingerprint density at radius 1 is 1.22 bits per heavy atom. The first-order chi connectivity index (χ1) is 8.66. The van der Waals surface area contributed by atoms with Crippen molar-refractivity contribution in [3.8, 4) is 0 Å². The fourth-order valence-corrected chi connectivity index (χ4v) is 4.23. The SMILES string of the molecule is CC(C)C1CCCN1C1(CN)CCN(C2CC2)C1. The van der Waals surface area contributed by atoms with Gasteiger partial charge in [0.15, 0.2) is 0 Å². The quantitative estimate of drug-likeness (QED) is 0.825. The zero-order valence-corrected chi connectivity index (χ0v) is 12.1. The molecule has 0 aromatic carbocycles. The summed E-state index contributed by atoms with van der Waals surface area (Å²) in [5.74, 6) is 0.769. The van der Waals surface area contributed by atoms with Gasteiger partial charge in [-0.2, -0.15) is 0 Å². The van der Waals surface area contributed by atoms with E-state index >= 15 is 0 Å². The lowest BCUT2D eigenvalue weighted by Crippen LogP contribution is -2.58. The van der Waals surface area contributed by atoms with Crippen LogP contribution in [0.5, 0.6) is 0 Å². The molecule has 0 spiro atoms. The lowest BCUT2D eigenvalue weighted by molar-refractivity contribution is 0.0643. The summed E-state index contributed by atoms with van der Waals surface area (Å²) in [7, 11) is 0. The van der Waals surface area contributed by atoms with Crippen LogP contribution in [-0.4, -0.2) is 53.6 Å². The molecular weight excluding hydrogens is 222 g/mol. The Labute approximate surface area is 112 Å². The van der Waals surface area contributed by atoms with Crippen molar-refractivity contribution in [1.29, 1.82) is 0 Å². The standard InChI is InChI=1S/C15H29N3/c1-12(2)14-4-3-8-18(14)15(10-16)7-9-17(11-15)13-5-6-13/h12-14H,3-11,16H2,1-2H3. The Hall–Kier alpha value is -0.120. The van der Waals surface area contributed by atoms with E-state index in [9.17, 15) is 0 Å². The highest BCUT2D eigenvalue weighted by Gasteiger charge is 2.49. The summed E-state index contributed by atoms with van der Waals surface area (Å²) in [4.78, 5) is 5.50. The van der Waals surface area contributed by atoms with Crippen LogP contribution in [0.1, 0.15) is 46.0 Å². The number of likely N-dealkylation sites (tertiary alicyclic amines) is 2. The van der Waals surface area contributed by atoms with Gasteiger partial charge in [0, 0.05) is 37.3 Å².